The molecule has 0 N–H and O–H groups in total. The Balaban J connectivity index is 1.97. The molecule has 2 rings (SSSR count). The molecular formula is C8H16OSi. The number of ether oxygens (including phenoxy) is 1. The van der Waals surface area contributed by atoms with E-state index in [0.717, 1.165) is 12.5 Å². The van der Waals surface area contributed by atoms with Gasteiger partial charge in [0.1, 0.15) is 0 Å². The van der Waals surface area contributed by atoms with Crippen molar-refractivity contribution in [3.05, 3.63) is 0 Å². The lowest BCUT2D eigenvalue weighted by Gasteiger charge is -2.34. The van der Waals surface area contributed by atoms with Crippen LogP contribution < -0.4 is 0 Å². The van der Waals surface area contributed by atoms with Crippen molar-refractivity contribution in [2.45, 2.75) is 37.3 Å². The SMILES string of the molecule is [SiH3]C1(C2CC2)CCCCO1. The van der Waals surface area contributed by atoms with Gasteiger partial charge in [0, 0.05) is 16.8 Å². The van der Waals surface area contributed by atoms with E-state index in [0.29, 0.717) is 5.22 Å². The Kier molecular flexibility index (Phi) is 1.61. The van der Waals surface area contributed by atoms with Crippen molar-refractivity contribution in [3.63, 3.8) is 0 Å². The van der Waals surface area contributed by atoms with Gasteiger partial charge in [0.05, 0.1) is 5.22 Å². The molecule has 0 aromatic carbocycles. The van der Waals surface area contributed by atoms with Crippen molar-refractivity contribution in [2.24, 2.45) is 5.92 Å². The standard InChI is InChI=1S/C8H16OSi/c10-8(7-3-4-7)5-1-2-6-9-8/h7H,1-6H2,10H3. The van der Waals surface area contributed by atoms with Gasteiger partial charge in [-0.25, -0.2) is 0 Å². The molecule has 0 spiro atoms. The first-order valence-corrected chi connectivity index (χ1v) is 5.45. The minimum absolute atomic E-state index is 0.429. The third-order valence-electron chi connectivity index (χ3n) is 2.94. The van der Waals surface area contributed by atoms with Crippen LogP contribution in [0, 0.1) is 5.92 Å². The van der Waals surface area contributed by atoms with E-state index >= 15 is 0 Å². The second kappa shape index (κ2) is 2.34. The predicted octanol–water partition coefficient (Wildman–Crippen LogP) is 0.659. The monoisotopic (exact) mass is 156 g/mol. The second-order valence-corrected chi connectivity index (χ2v) is 5.59. The van der Waals surface area contributed by atoms with Gasteiger partial charge in [-0.05, 0) is 38.0 Å². The van der Waals surface area contributed by atoms with E-state index in [9.17, 15) is 0 Å². The number of hydrogen-bond donors (Lipinski definition) is 0. The molecule has 2 heteroatoms. The summed E-state index contributed by atoms with van der Waals surface area (Å²) in [6.07, 6.45) is 6.98. The smallest absolute Gasteiger partial charge is 0.0513 e. The largest absolute Gasteiger partial charge is 0.379 e. The van der Waals surface area contributed by atoms with Crippen LogP contribution in [0.5, 0.6) is 0 Å². The van der Waals surface area contributed by atoms with E-state index < -0.39 is 0 Å². The third kappa shape index (κ3) is 1.15. The third-order valence-corrected chi connectivity index (χ3v) is 4.55. The minimum Gasteiger partial charge on any atom is -0.379 e. The summed E-state index contributed by atoms with van der Waals surface area (Å²) in [6, 6.07) is 0. The van der Waals surface area contributed by atoms with Gasteiger partial charge in [0.25, 0.3) is 0 Å². The molecule has 0 aromatic heterocycles. The van der Waals surface area contributed by atoms with Gasteiger partial charge in [-0.1, -0.05) is 0 Å². The molecule has 58 valence electrons. The Morgan fingerprint density at radius 2 is 2.10 bits per heavy atom. The van der Waals surface area contributed by atoms with Crippen molar-refractivity contribution in [3.8, 4) is 0 Å². The Labute approximate surface area is 65.6 Å². The van der Waals surface area contributed by atoms with E-state index in [4.69, 9.17) is 4.74 Å². The maximum Gasteiger partial charge on any atom is 0.0513 e. The number of hydrogen-bond acceptors (Lipinski definition) is 1. The van der Waals surface area contributed by atoms with Crippen LogP contribution in [0.4, 0.5) is 0 Å². The molecule has 1 saturated carbocycles. The second-order valence-electron chi connectivity index (χ2n) is 3.89. The summed E-state index contributed by atoms with van der Waals surface area (Å²) in [5.41, 5.74) is 0. The highest BCUT2D eigenvalue weighted by atomic mass is 28.1. The molecule has 10 heavy (non-hydrogen) atoms. The summed E-state index contributed by atoms with van der Waals surface area (Å²) in [4.78, 5) is 0. The maximum atomic E-state index is 5.85. The minimum atomic E-state index is 0.429. The van der Waals surface area contributed by atoms with Crippen LogP contribution >= 0.6 is 0 Å². The predicted molar refractivity (Wildman–Crippen MR) is 45.2 cm³/mol. The normalized spacial score (nSPS) is 42.0. The van der Waals surface area contributed by atoms with Gasteiger partial charge in [-0.3, -0.25) is 0 Å². The molecule has 1 heterocycles. The lowest BCUT2D eigenvalue weighted by molar-refractivity contribution is -0.0318. The fourth-order valence-electron chi connectivity index (χ4n) is 1.97. The molecule has 2 aliphatic rings. The van der Waals surface area contributed by atoms with Crippen molar-refractivity contribution in [1.29, 1.82) is 0 Å². The average molecular weight is 156 g/mol. The van der Waals surface area contributed by atoms with Gasteiger partial charge in [-0.15, -0.1) is 0 Å². The van der Waals surface area contributed by atoms with Gasteiger partial charge in [-0.2, -0.15) is 0 Å². The Morgan fingerprint density at radius 1 is 1.30 bits per heavy atom. The zero-order valence-electron chi connectivity index (χ0n) is 6.73. The van der Waals surface area contributed by atoms with Crippen LogP contribution in [0.15, 0.2) is 0 Å². The lowest BCUT2D eigenvalue weighted by Crippen LogP contribution is -2.38. The van der Waals surface area contributed by atoms with Crippen LogP contribution in [0.2, 0.25) is 0 Å². The van der Waals surface area contributed by atoms with Gasteiger partial charge < -0.3 is 4.74 Å². The first-order chi connectivity index (χ1) is 4.81. The Morgan fingerprint density at radius 3 is 2.60 bits per heavy atom. The number of rotatable bonds is 1. The van der Waals surface area contributed by atoms with Crippen molar-refractivity contribution in [1.82, 2.24) is 0 Å². The van der Waals surface area contributed by atoms with Crippen LogP contribution in [0.25, 0.3) is 0 Å². The summed E-state index contributed by atoms with van der Waals surface area (Å²) in [6.45, 7) is 1.04. The summed E-state index contributed by atoms with van der Waals surface area (Å²) < 4.78 is 5.85. The van der Waals surface area contributed by atoms with Crippen molar-refractivity contribution in [2.75, 3.05) is 6.61 Å². The Hall–Kier alpha value is 0.177. The van der Waals surface area contributed by atoms with Crippen LogP contribution in [0.3, 0.4) is 0 Å². The summed E-state index contributed by atoms with van der Waals surface area (Å²) in [5.74, 6) is 0.972. The fourth-order valence-corrected chi connectivity index (χ4v) is 3.11. The fraction of sp³-hybridized carbons (Fsp3) is 1.00. The van der Waals surface area contributed by atoms with Crippen LogP contribution in [0.1, 0.15) is 32.1 Å². The van der Waals surface area contributed by atoms with E-state index in [2.05, 4.69) is 0 Å². The molecule has 2 fully saturated rings. The molecule has 0 radical (unpaired) electrons. The topological polar surface area (TPSA) is 9.23 Å². The molecule has 1 aliphatic heterocycles. The van der Waals surface area contributed by atoms with E-state index in [-0.39, 0.29) is 0 Å². The van der Waals surface area contributed by atoms with Crippen molar-refractivity contribution >= 4 is 10.2 Å². The average Bonchev–Trinajstić information content (AvgIpc) is 2.69. The molecule has 0 bridgehead atoms. The van der Waals surface area contributed by atoms with Gasteiger partial charge >= 0.3 is 0 Å². The first kappa shape index (κ1) is 6.86. The van der Waals surface area contributed by atoms with Crippen molar-refractivity contribution < 1.29 is 4.74 Å². The van der Waals surface area contributed by atoms with E-state index in [1.54, 1.807) is 0 Å². The summed E-state index contributed by atoms with van der Waals surface area (Å²) in [7, 11) is 1.25. The van der Waals surface area contributed by atoms with Gasteiger partial charge in [0.15, 0.2) is 0 Å². The quantitative estimate of drug-likeness (QED) is 0.507. The first-order valence-electron chi connectivity index (χ1n) is 4.45. The zero-order chi connectivity index (χ0) is 7.03. The zero-order valence-corrected chi connectivity index (χ0v) is 8.73. The molecular weight excluding hydrogens is 140 g/mol. The van der Waals surface area contributed by atoms with E-state index in [1.165, 1.54) is 42.3 Å². The molecule has 0 aromatic rings. The maximum absolute atomic E-state index is 5.85. The van der Waals surface area contributed by atoms with Crippen LogP contribution in [-0.4, -0.2) is 22.1 Å². The van der Waals surface area contributed by atoms with Crippen LogP contribution in [-0.2, 0) is 4.74 Å². The summed E-state index contributed by atoms with van der Waals surface area (Å²) >= 11 is 0. The lowest BCUT2D eigenvalue weighted by atomic mass is 10.0. The van der Waals surface area contributed by atoms with Gasteiger partial charge in [0.2, 0.25) is 0 Å². The molecule has 1 atom stereocenters. The molecule has 1 nitrogen and oxygen atoms in total. The molecule has 0 amide bonds. The molecule has 1 saturated heterocycles. The highest BCUT2D eigenvalue weighted by Gasteiger charge is 2.42. The summed E-state index contributed by atoms with van der Waals surface area (Å²) in [5, 5.41) is 0.429. The Bertz CT molecular complexity index is 125. The van der Waals surface area contributed by atoms with E-state index in [1.807, 2.05) is 0 Å². The highest BCUT2D eigenvalue weighted by Crippen LogP contribution is 2.44. The molecule has 1 aliphatic carbocycles. The molecule has 1 unspecified atom stereocenters. The highest BCUT2D eigenvalue weighted by molar-refractivity contribution is 6.15.